The monoisotopic (exact) mass is 302 g/mol. The molecule has 0 spiro atoms. The van der Waals surface area contributed by atoms with Gasteiger partial charge in [0.2, 0.25) is 5.91 Å². The SMILES string of the molecule is CCc1cccc(C)c1NC(=O)CSc1nccnc1N. The molecule has 2 rings (SSSR count). The number of aryl methyl sites for hydroxylation is 2. The third-order valence-electron chi connectivity index (χ3n) is 3.04. The van der Waals surface area contributed by atoms with Crippen molar-refractivity contribution in [3.8, 4) is 0 Å². The fourth-order valence-corrected chi connectivity index (χ4v) is 2.63. The van der Waals surface area contributed by atoms with Gasteiger partial charge in [0.1, 0.15) is 5.03 Å². The maximum absolute atomic E-state index is 12.1. The minimum Gasteiger partial charge on any atom is -0.381 e. The number of nitrogens with zero attached hydrogens (tertiary/aromatic N) is 2. The van der Waals surface area contributed by atoms with Gasteiger partial charge in [0.15, 0.2) is 5.82 Å². The Morgan fingerprint density at radius 1 is 1.33 bits per heavy atom. The molecule has 5 nitrogen and oxygen atoms in total. The molecule has 0 unspecified atom stereocenters. The number of hydrogen-bond donors (Lipinski definition) is 2. The van der Waals surface area contributed by atoms with E-state index in [2.05, 4.69) is 22.2 Å². The van der Waals surface area contributed by atoms with E-state index in [4.69, 9.17) is 5.73 Å². The van der Waals surface area contributed by atoms with E-state index in [9.17, 15) is 4.79 Å². The summed E-state index contributed by atoms with van der Waals surface area (Å²) >= 11 is 1.28. The molecule has 2 aromatic rings. The summed E-state index contributed by atoms with van der Waals surface area (Å²) in [7, 11) is 0. The van der Waals surface area contributed by atoms with Crippen molar-refractivity contribution in [3.63, 3.8) is 0 Å². The Hall–Kier alpha value is -2.08. The summed E-state index contributed by atoms with van der Waals surface area (Å²) in [6.07, 6.45) is 3.97. The lowest BCUT2D eigenvalue weighted by atomic mass is 10.1. The molecule has 1 aromatic carbocycles. The van der Waals surface area contributed by atoms with Gasteiger partial charge >= 0.3 is 0 Å². The minimum absolute atomic E-state index is 0.0750. The number of amides is 1. The molecule has 0 aliphatic rings. The first-order valence-electron chi connectivity index (χ1n) is 6.69. The molecular weight excluding hydrogens is 284 g/mol. The normalized spacial score (nSPS) is 10.4. The van der Waals surface area contributed by atoms with Crippen molar-refractivity contribution in [2.75, 3.05) is 16.8 Å². The van der Waals surface area contributed by atoms with Gasteiger partial charge in [-0.05, 0) is 24.5 Å². The average molecular weight is 302 g/mol. The topological polar surface area (TPSA) is 80.9 Å². The highest BCUT2D eigenvalue weighted by Gasteiger charge is 2.10. The van der Waals surface area contributed by atoms with E-state index in [-0.39, 0.29) is 11.7 Å². The number of thioether (sulfide) groups is 1. The van der Waals surface area contributed by atoms with Crippen LogP contribution in [0.2, 0.25) is 0 Å². The van der Waals surface area contributed by atoms with Gasteiger partial charge in [-0.1, -0.05) is 36.9 Å². The number of carbonyl (C=O) groups excluding carboxylic acids is 1. The number of rotatable bonds is 5. The molecule has 0 atom stereocenters. The van der Waals surface area contributed by atoms with Crippen molar-refractivity contribution < 1.29 is 4.79 Å². The Morgan fingerprint density at radius 3 is 2.81 bits per heavy atom. The number of nitrogens with two attached hydrogens (primary N) is 1. The van der Waals surface area contributed by atoms with Crippen molar-refractivity contribution in [2.45, 2.75) is 25.3 Å². The Balaban J connectivity index is 2.01. The van der Waals surface area contributed by atoms with Gasteiger partial charge in [0.25, 0.3) is 0 Å². The van der Waals surface area contributed by atoms with Crippen molar-refractivity contribution >= 4 is 29.2 Å². The fourth-order valence-electron chi connectivity index (χ4n) is 1.96. The van der Waals surface area contributed by atoms with Crippen LogP contribution in [-0.2, 0) is 11.2 Å². The van der Waals surface area contributed by atoms with Crippen molar-refractivity contribution in [1.82, 2.24) is 9.97 Å². The molecule has 0 saturated heterocycles. The van der Waals surface area contributed by atoms with E-state index in [0.717, 1.165) is 23.2 Å². The van der Waals surface area contributed by atoms with Crippen molar-refractivity contribution in [2.24, 2.45) is 0 Å². The highest BCUT2D eigenvalue weighted by atomic mass is 32.2. The Labute approximate surface area is 128 Å². The van der Waals surface area contributed by atoms with Gasteiger partial charge in [-0.3, -0.25) is 4.79 Å². The van der Waals surface area contributed by atoms with Crippen LogP contribution < -0.4 is 11.1 Å². The van der Waals surface area contributed by atoms with Gasteiger partial charge in [0, 0.05) is 18.1 Å². The summed E-state index contributed by atoms with van der Waals surface area (Å²) < 4.78 is 0. The summed E-state index contributed by atoms with van der Waals surface area (Å²) in [5.74, 6) is 0.523. The first-order chi connectivity index (χ1) is 10.1. The van der Waals surface area contributed by atoms with Gasteiger partial charge in [-0.2, -0.15) is 0 Å². The summed E-state index contributed by atoms with van der Waals surface area (Å²) in [5, 5.41) is 3.55. The molecule has 110 valence electrons. The molecule has 1 aromatic heterocycles. The Kier molecular flexibility index (Phi) is 5.16. The summed E-state index contributed by atoms with van der Waals surface area (Å²) in [5.41, 5.74) is 8.80. The van der Waals surface area contributed by atoms with E-state index in [0.29, 0.717) is 10.8 Å². The van der Waals surface area contributed by atoms with E-state index in [1.807, 2.05) is 25.1 Å². The minimum atomic E-state index is -0.0750. The van der Waals surface area contributed by atoms with Crippen LogP contribution in [0.3, 0.4) is 0 Å². The predicted molar refractivity (Wildman–Crippen MR) is 86.4 cm³/mol. The van der Waals surface area contributed by atoms with Crippen LogP contribution in [0, 0.1) is 6.92 Å². The lowest BCUT2D eigenvalue weighted by Gasteiger charge is -2.12. The second-order valence-corrected chi connectivity index (χ2v) is 5.51. The fraction of sp³-hybridized carbons (Fsp3) is 0.267. The van der Waals surface area contributed by atoms with Gasteiger partial charge < -0.3 is 11.1 Å². The van der Waals surface area contributed by atoms with Crippen molar-refractivity contribution in [1.29, 1.82) is 0 Å². The number of benzene rings is 1. The zero-order valence-electron chi connectivity index (χ0n) is 12.1. The number of nitrogens with one attached hydrogen (secondary N) is 1. The second-order valence-electron chi connectivity index (χ2n) is 4.55. The first kappa shape index (κ1) is 15.3. The standard InChI is InChI=1S/C15H18N4OS/c1-3-11-6-4-5-10(2)13(11)19-12(20)9-21-15-14(16)17-7-8-18-15/h4-8H,3,9H2,1-2H3,(H2,16,17)(H,19,20). The van der Waals surface area contributed by atoms with E-state index in [1.54, 1.807) is 6.20 Å². The highest BCUT2D eigenvalue weighted by molar-refractivity contribution is 8.00. The molecule has 21 heavy (non-hydrogen) atoms. The molecule has 1 heterocycles. The van der Waals surface area contributed by atoms with Crippen LogP contribution in [0.5, 0.6) is 0 Å². The zero-order valence-corrected chi connectivity index (χ0v) is 12.9. The zero-order chi connectivity index (χ0) is 15.2. The third-order valence-corrected chi connectivity index (χ3v) is 4.03. The van der Waals surface area contributed by atoms with Crippen LogP contribution in [0.25, 0.3) is 0 Å². The molecule has 0 saturated carbocycles. The van der Waals surface area contributed by atoms with E-state index < -0.39 is 0 Å². The van der Waals surface area contributed by atoms with E-state index >= 15 is 0 Å². The van der Waals surface area contributed by atoms with Crippen molar-refractivity contribution in [3.05, 3.63) is 41.7 Å². The summed E-state index contributed by atoms with van der Waals surface area (Å²) in [6.45, 7) is 4.06. The summed E-state index contributed by atoms with van der Waals surface area (Å²) in [4.78, 5) is 20.1. The van der Waals surface area contributed by atoms with Crippen LogP contribution in [-0.4, -0.2) is 21.6 Å². The maximum atomic E-state index is 12.1. The predicted octanol–water partition coefficient (Wildman–Crippen LogP) is 2.66. The van der Waals surface area contributed by atoms with Gasteiger partial charge in [0.05, 0.1) is 5.75 Å². The number of carbonyl (C=O) groups is 1. The molecule has 0 fully saturated rings. The largest absolute Gasteiger partial charge is 0.381 e. The number of hydrogen-bond acceptors (Lipinski definition) is 5. The van der Waals surface area contributed by atoms with E-state index in [1.165, 1.54) is 18.0 Å². The average Bonchev–Trinajstić information content (AvgIpc) is 2.48. The van der Waals surface area contributed by atoms with Crippen LogP contribution in [0.15, 0.2) is 35.6 Å². The number of aromatic nitrogens is 2. The summed E-state index contributed by atoms with van der Waals surface area (Å²) in [6, 6.07) is 6.01. The lowest BCUT2D eigenvalue weighted by Crippen LogP contribution is -2.16. The third kappa shape index (κ3) is 3.95. The lowest BCUT2D eigenvalue weighted by molar-refractivity contribution is -0.113. The molecule has 0 aliphatic carbocycles. The number of nitrogen functional groups attached to an aromatic ring is 1. The van der Waals surface area contributed by atoms with Crippen LogP contribution in [0.4, 0.5) is 11.5 Å². The molecule has 1 amide bonds. The van der Waals surface area contributed by atoms with Gasteiger partial charge in [-0.15, -0.1) is 0 Å². The number of anilines is 2. The Bertz CT molecular complexity index is 645. The molecule has 0 radical (unpaired) electrons. The highest BCUT2D eigenvalue weighted by Crippen LogP contribution is 2.23. The molecular formula is C15H18N4OS. The van der Waals surface area contributed by atoms with Crippen LogP contribution >= 0.6 is 11.8 Å². The van der Waals surface area contributed by atoms with Crippen LogP contribution in [0.1, 0.15) is 18.1 Å². The second kappa shape index (κ2) is 7.08. The molecule has 6 heteroatoms. The number of para-hydroxylation sites is 1. The molecule has 0 aliphatic heterocycles. The Morgan fingerprint density at radius 2 is 2.10 bits per heavy atom. The molecule has 0 bridgehead atoms. The molecule has 3 N–H and O–H groups in total. The van der Waals surface area contributed by atoms with Gasteiger partial charge in [-0.25, -0.2) is 9.97 Å². The maximum Gasteiger partial charge on any atom is 0.234 e. The smallest absolute Gasteiger partial charge is 0.234 e. The first-order valence-corrected chi connectivity index (χ1v) is 7.68. The quantitative estimate of drug-likeness (QED) is 0.830.